The van der Waals surface area contributed by atoms with Gasteiger partial charge in [-0.2, -0.15) is 0 Å². The van der Waals surface area contributed by atoms with Crippen molar-refractivity contribution in [2.75, 3.05) is 6.54 Å². The summed E-state index contributed by atoms with van der Waals surface area (Å²) in [7, 11) is 0. The van der Waals surface area contributed by atoms with Gasteiger partial charge in [-0.25, -0.2) is 0 Å². The van der Waals surface area contributed by atoms with Crippen molar-refractivity contribution in [2.45, 2.75) is 52.0 Å². The van der Waals surface area contributed by atoms with Gasteiger partial charge in [0.25, 0.3) is 5.91 Å². The Balaban J connectivity index is 2.28. The fourth-order valence-electron chi connectivity index (χ4n) is 2.98. The Morgan fingerprint density at radius 1 is 1.29 bits per heavy atom. The molecule has 1 atom stereocenters. The number of likely N-dealkylation sites (tertiary alicyclic amines) is 1. The smallest absolute Gasteiger partial charge is 0.254 e. The number of carbonyl (C=O) groups is 2. The Hall–Kier alpha value is -1.35. The van der Waals surface area contributed by atoms with Gasteiger partial charge in [0.15, 0.2) is 0 Å². The molecular formula is C17H22ClNO2. The molecule has 21 heavy (non-hydrogen) atoms. The van der Waals surface area contributed by atoms with Crippen LogP contribution < -0.4 is 0 Å². The van der Waals surface area contributed by atoms with Crippen molar-refractivity contribution in [1.82, 2.24) is 4.90 Å². The normalized spacial score (nSPS) is 19.2. The van der Waals surface area contributed by atoms with Gasteiger partial charge in [0.05, 0.1) is 0 Å². The summed E-state index contributed by atoms with van der Waals surface area (Å²) < 4.78 is 0. The number of nitrogens with zero attached hydrogens (tertiary/aromatic N) is 1. The molecule has 0 aromatic heterocycles. The molecule has 2 rings (SSSR count). The van der Waals surface area contributed by atoms with Crippen LogP contribution in [0.15, 0.2) is 18.2 Å². The molecule has 1 aromatic carbocycles. The third kappa shape index (κ3) is 3.85. The summed E-state index contributed by atoms with van der Waals surface area (Å²) in [5.41, 5.74) is 1.47. The number of carbonyl (C=O) groups excluding carboxylic acids is 2. The van der Waals surface area contributed by atoms with E-state index in [1.54, 1.807) is 19.1 Å². The van der Waals surface area contributed by atoms with Crippen molar-refractivity contribution in [2.24, 2.45) is 0 Å². The van der Waals surface area contributed by atoms with Gasteiger partial charge in [-0.05, 0) is 44.4 Å². The Morgan fingerprint density at radius 2 is 2.05 bits per heavy atom. The van der Waals surface area contributed by atoms with Crippen molar-refractivity contribution < 1.29 is 9.59 Å². The Bertz CT molecular complexity index is 542. The summed E-state index contributed by atoms with van der Waals surface area (Å²) in [6, 6.07) is 5.44. The highest BCUT2D eigenvalue weighted by atomic mass is 35.5. The van der Waals surface area contributed by atoms with Gasteiger partial charge >= 0.3 is 0 Å². The maximum Gasteiger partial charge on any atom is 0.254 e. The van der Waals surface area contributed by atoms with Crippen molar-refractivity contribution >= 4 is 23.3 Å². The predicted molar refractivity (Wildman–Crippen MR) is 84.8 cm³/mol. The van der Waals surface area contributed by atoms with Gasteiger partial charge in [-0.3, -0.25) is 9.59 Å². The average molecular weight is 308 g/mol. The van der Waals surface area contributed by atoms with E-state index in [2.05, 4.69) is 0 Å². The topological polar surface area (TPSA) is 37.4 Å². The standard InChI is InChI=1S/C17H22ClNO2/c1-12(20)11-14-7-4-3-5-10-19(14)17(21)15-8-6-9-16(18)13(15)2/h6,8-9,14H,3-5,7,10-11H2,1-2H3. The van der Waals surface area contributed by atoms with Crippen molar-refractivity contribution in [1.29, 1.82) is 0 Å². The second-order valence-corrected chi connectivity index (χ2v) is 6.23. The van der Waals surface area contributed by atoms with E-state index in [4.69, 9.17) is 11.6 Å². The molecule has 0 bridgehead atoms. The summed E-state index contributed by atoms with van der Waals surface area (Å²) in [6.45, 7) is 4.19. The molecule has 0 spiro atoms. The summed E-state index contributed by atoms with van der Waals surface area (Å²) in [5.74, 6) is 0.144. The molecule has 0 saturated carbocycles. The van der Waals surface area contributed by atoms with E-state index in [0.717, 1.165) is 37.8 Å². The molecule has 3 nitrogen and oxygen atoms in total. The van der Waals surface area contributed by atoms with E-state index >= 15 is 0 Å². The number of Topliss-reactive ketones (excluding diaryl/α,β-unsaturated/α-hetero) is 1. The summed E-state index contributed by atoms with van der Waals surface area (Å²) >= 11 is 6.12. The van der Waals surface area contributed by atoms with Crippen LogP contribution in [0, 0.1) is 6.92 Å². The fraction of sp³-hybridized carbons (Fsp3) is 0.529. The lowest BCUT2D eigenvalue weighted by Gasteiger charge is -2.30. The first-order valence-electron chi connectivity index (χ1n) is 7.56. The van der Waals surface area contributed by atoms with Gasteiger partial charge in [0.2, 0.25) is 0 Å². The largest absolute Gasteiger partial charge is 0.335 e. The van der Waals surface area contributed by atoms with Crippen LogP contribution in [0.3, 0.4) is 0 Å². The van der Waals surface area contributed by atoms with Gasteiger partial charge in [-0.15, -0.1) is 0 Å². The first-order valence-corrected chi connectivity index (χ1v) is 7.94. The molecule has 0 N–H and O–H groups in total. The van der Waals surface area contributed by atoms with Crippen LogP contribution in [0.1, 0.15) is 54.9 Å². The van der Waals surface area contributed by atoms with Gasteiger partial charge < -0.3 is 4.90 Å². The van der Waals surface area contributed by atoms with Crippen LogP contribution in [0.4, 0.5) is 0 Å². The van der Waals surface area contributed by atoms with E-state index in [1.165, 1.54) is 0 Å². The lowest BCUT2D eigenvalue weighted by molar-refractivity contribution is -0.118. The number of rotatable bonds is 3. The second kappa shape index (κ2) is 7.08. The SMILES string of the molecule is CC(=O)CC1CCCCCN1C(=O)c1cccc(Cl)c1C. The van der Waals surface area contributed by atoms with E-state index in [9.17, 15) is 9.59 Å². The quantitative estimate of drug-likeness (QED) is 0.846. The maximum atomic E-state index is 12.9. The maximum absolute atomic E-state index is 12.9. The van der Waals surface area contributed by atoms with Crippen LogP contribution in [0.2, 0.25) is 5.02 Å². The number of ketones is 1. The minimum Gasteiger partial charge on any atom is -0.335 e. The summed E-state index contributed by atoms with van der Waals surface area (Å²) in [4.78, 5) is 26.2. The third-order valence-corrected chi connectivity index (χ3v) is 4.57. The average Bonchev–Trinajstić information content (AvgIpc) is 2.66. The molecule has 0 aliphatic carbocycles. The molecular weight excluding hydrogens is 286 g/mol. The highest BCUT2D eigenvalue weighted by Gasteiger charge is 2.28. The molecule has 1 fully saturated rings. The van der Waals surface area contributed by atoms with E-state index in [0.29, 0.717) is 17.0 Å². The first-order chi connectivity index (χ1) is 10.0. The molecule has 1 unspecified atom stereocenters. The van der Waals surface area contributed by atoms with Crippen molar-refractivity contribution in [3.63, 3.8) is 0 Å². The molecule has 1 saturated heterocycles. The van der Waals surface area contributed by atoms with Crippen LogP contribution in [-0.4, -0.2) is 29.2 Å². The predicted octanol–water partition coefficient (Wildman–Crippen LogP) is 4.01. The molecule has 1 aliphatic heterocycles. The van der Waals surface area contributed by atoms with Crippen LogP contribution in [0.5, 0.6) is 0 Å². The zero-order chi connectivity index (χ0) is 15.4. The monoisotopic (exact) mass is 307 g/mol. The molecule has 1 amide bonds. The Morgan fingerprint density at radius 3 is 2.76 bits per heavy atom. The Labute approximate surface area is 131 Å². The fourth-order valence-corrected chi connectivity index (χ4v) is 3.16. The lowest BCUT2D eigenvalue weighted by atomic mass is 10.0. The highest BCUT2D eigenvalue weighted by molar-refractivity contribution is 6.31. The van der Waals surface area contributed by atoms with E-state index in [-0.39, 0.29) is 17.7 Å². The van der Waals surface area contributed by atoms with Crippen LogP contribution in [-0.2, 0) is 4.79 Å². The lowest BCUT2D eigenvalue weighted by Crippen LogP contribution is -2.41. The van der Waals surface area contributed by atoms with Crippen molar-refractivity contribution in [3.8, 4) is 0 Å². The number of amides is 1. The zero-order valence-electron chi connectivity index (χ0n) is 12.7. The van der Waals surface area contributed by atoms with E-state index < -0.39 is 0 Å². The number of halogens is 1. The molecule has 1 heterocycles. The number of hydrogen-bond donors (Lipinski definition) is 0. The van der Waals surface area contributed by atoms with Gasteiger partial charge in [0.1, 0.15) is 5.78 Å². The molecule has 0 radical (unpaired) electrons. The van der Waals surface area contributed by atoms with Crippen LogP contribution >= 0.6 is 11.6 Å². The zero-order valence-corrected chi connectivity index (χ0v) is 13.4. The minimum absolute atomic E-state index is 0.00292. The second-order valence-electron chi connectivity index (χ2n) is 5.82. The first kappa shape index (κ1) is 16.0. The Kier molecular flexibility index (Phi) is 5.40. The van der Waals surface area contributed by atoms with Gasteiger partial charge in [0, 0.05) is 29.6 Å². The summed E-state index contributed by atoms with van der Waals surface area (Å²) in [5, 5.41) is 0.610. The number of hydrogen-bond acceptors (Lipinski definition) is 2. The van der Waals surface area contributed by atoms with Crippen LogP contribution in [0.25, 0.3) is 0 Å². The summed E-state index contributed by atoms with van der Waals surface area (Å²) in [6.07, 6.45) is 4.55. The number of benzene rings is 1. The van der Waals surface area contributed by atoms with E-state index in [1.807, 2.05) is 17.9 Å². The minimum atomic E-state index is 0.00292. The molecule has 4 heteroatoms. The highest BCUT2D eigenvalue weighted by Crippen LogP contribution is 2.25. The van der Waals surface area contributed by atoms with Gasteiger partial charge in [-0.1, -0.05) is 30.5 Å². The molecule has 1 aromatic rings. The van der Waals surface area contributed by atoms with Crippen molar-refractivity contribution in [3.05, 3.63) is 34.3 Å². The molecule has 1 aliphatic rings. The third-order valence-electron chi connectivity index (χ3n) is 4.16. The molecule has 114 valence electrons.